The van der Waals surface area contributed by atoms with E-state index in [1.54, 1.807) is 6.07 Å². The van der Waals surface area contributed by atoms with Crippen molar-refractivity contribution in [2.75, 3.05) is 20.7 Å². The molecule has 0 bridgehead atoms. The summed E-state index contributed by atoms with van der Waals surface area (Å²) in [5, 5.41) is 0. The first-order valence-corrected chi connectivity index (χ1v) is 10.6. The maximum atomic E-state index is 13.1. The highest BCUT2D eigenvalue weighted by atomic mass is 32.2. The number of halogens is 1. The normalized spacial score (nSPS) is 11.8. The highest BCUT2D eigenvalue weighted by Crippen LogP contribution is 2.22. The molecule has 160 valence electrons. The van der Waals surface area contributed by atoms with Gasteiger partial charge in [0.05, 0.1) is 15.9 Å². The van der Waals surface area contributed by atoms with Crippen LogP contribution >= 0.6 is 0 Å². The molecule has 1 aromatic heterocycles. The van der Waals surface area contributed by atoms with E-state index < -0.39 is 21.8 Å². The lowest BCUT2D eigenvalue weighted by molar-refractivity contribution is -0.147. The fraction of sp³-hybridized carbons (Fsp3) is 0.300. The highest BCUT2D eigenvalue weighted by Gasteiger charge is 2.20. The van der Waals surface area contributed by atoms with Gasteiger partial charge in [0.1, 0.15) is 24.0 Å². The van der Waals surface area contributed by atoms with E-state index in [2.05, 4.69) is 4.98 Å². The first-order valence-electron chi connectivity index (χ1n) is 9.18. The van der Waals surface area contributed by atoms with Gasteiger partial charge in [0, 0.05) is 26.7 Å². The van der Waals surface area contributed by atoms with Crippen molar-refractivity contribution in [3.05, 3.63) is 54.1 Å². The van der Waals surface area contributed by atoms with E-state index in [4.69, 9.17) is 9.47 Å². The van der Waals surface area contributed by atoms with E-state index >= 15 is 0 Å². The Bertz CT molecular complexity index is 1170. The molecule has 3 rings (SSSR count). The van der Waals surface area contributed by atoms with Crippen LogP contribution in [0.1, 0.15) is 12.7 Å². The number of sulfonamides is 1. The third kappa shape index (κ3) is 4.60. The van der Waals surface area contributed by atoms with Gasteiger partial charge < -0.3 is 14.0 Å². The summed E-state index contributed by atoms with van der Waals surface area (Å²) in [5.41, 5.74) is 1.22. The van der Waals surface area contributed by atoms with Gasteiger partial charge in [0.2, 0.25) is 10.0 Å². The van der Waals surface area contributed by atoms with Crippen LogP contribution < -0.4 is 4.74 Å². The minimum absolute atomic E-state index is 0.108. The maximum Gasteiger partial charge on any atom is 0.344 e. The van der Waals surface area contributed by atoms with Crippen LogP contribution in [0.3, 0.4) is 0 Å². The first kappa shape index (κ1) is 21.7. The van der Waals surface area contributed by atoms with Gasteiger partial charge in [-0.05, 0) is 37.3 Å². The molecule has 8 nitrogen and oxygen atoms in total. The Morgan fingerprint density at radius 3 is 2.63 bits per heavy atom. The average Bonchev–Trinajstić information content (AvgIpc) is 3.07. The molecule has 0 fully saturated rings. The second-order valence-electron chi connectivity index (χ2n) is 6.62. The first-order chi connectivity index (χ1) is 14.2. The van der Waals surface area contributed by atoms with Gasteiger partial charge in [-0.1, -0.05) is 6.07 Å². The summed E-state index contributed by atoms with van der Waals surface area (Å²) < 4.78 is 51.2. The fourth-order valence-electron chi connectivity index (χ4n) is 2.88. The number of imidazole rings is 1. The zero-order valence-corrected chi connectivity index (χ0v) is 17.6. The summed E-state index contributed by atoms with van der Waals surface area (Å²) >= 11 is 0. The van der Waals surface area contributed by atoms with Crippen molar-refractivity contribution in [2.24, 2.45) is 0 Å². The van der Waals surface area contributed by atoms with E-state index in [9.17, 15) is 17.6 Å². The summed E-state index contributed by atoms with van der Waals surface area (Å²) in [7, 11) is -0.667. The molecular formula is C20H22FN3O5S. The Balaban J connectivity index is 1.73. The topological polar surface area (TPSA) is 90.7 Å². The van der Waals surface area contributed by atoms with Gasteiger partial charge in [0.15, 0.2) is 6.61 Å². The summed E-state index contributed by atoms with van der Waals surface area (Å²) in [5.74, 6) is -0.397. The monoisotopic (exact) mass is 435 g/mol. The summed E-state index contributed by atoms with van der Waals surface area (Å²) in [6.45, 7) is 1.98. The number of aromatic nitrogens is 2. The van der Waals surface area contributed by atoms with Crippen LogP contribution in [0.4, 0.5) is 4.39 Å². The zero-order valence-electron chi connectivity index (χ0n) is 16.8. The third-order valence-electron chi connectivity index (χ3n) is 4.41. The molecule has 0 atom stereocenters. The molecule has 0 saturated heterocycles. The maximum absolute atomic E-state index is 13.1. The fourth-order valence-corrected chi connectivity index (χ4v) is 3.80. The number of hydrogen-bond acceptors (Lipinski definition) is 6. The Labute approximate surface area is 173 Å². The van der Waals surface area contributed by atoms with Gasteiger partial charge in [-0.2, -0.15) is 0 Å². The van der Waals surface area contributed by atoms with Crippen LogP contribution in [0.5, 0.6) is 5.75 Å². The Kier molecular flexibility index (Phi) is 6.37. The minimum Gasteiger partial charge on any atom is -0.482 e. The number of hydrogen-bond donors (Lipinski definition) is 0. The molecule has 0 N–H and O–H groups in total. The van der Waals surface area contributed by atoms with Gasteiger partial charge in [0.25, 0.3) is 0 Å². The van der Waals surface area contributed by atoms with Crippen molar-refractivity contribution in [3.8, 4) is 5.75 Å². The van der Waals surface area contributed by atoms with Crippen LogP contribution in [-0.4, -0.2) is 48.9 Å². The lowest BCUT2D eigenvalue weighted by Crippen LogP contribution is -2.22. The van der Waals surface area contributed by atoms with Crippen LogP contribution in [-0.2, 0) is 32.7 Å². The predicted molar refractivity (Wildman–Crippen MR) is 108 cm³/mol. The largest absolute Gasteiger partial charge is 0.482 e. The summed E-state index contributed by atoms with van der Waals surface area (Å²) in [6.07, 6.45) is 0. The van der Waals surface area contributed by atoms with Crippen molar-refractivity contribution >= 4 is 27.0 Å². The lowest BCUT2D eigenvalue weighted by atomic mass is 10.3. The number of carbonyl (C=O) groups excluding carboxylic acids is 1. The predicted octanol–water partition coefficient (Wildman–Crippen LogP) is 2.57. The van der Waals surface area contributed by atoms with Crippen molar-refractivity contribution in [3.63, 3.8) is 0 Å². The second-order valence-corrected chi connectivity index (χ2v) is 8.77. The van der Waals surface area contributed by atoms with Gasteiger partial charge in [-0.25, -0.2) is 26.9 Å². The van der Waals surface area contributed by atoms with Crippen LogP contribution in [0.25, 0.3) is 11.0 Å². The molecule has 2 aromatic carbocycles. The van der Waals surface area contributed by atoms with Crippen molar-refractivity contribution in [2.45, 2.75) is 25.0 Å². The molecule has 0 amide bonds. The third-order valence-corrected chi connectivity index (χ3v) is 6.22. The van der Waals surface area contributed by atoms with Crippen LogP contribution in [0, 0.1) is 5.82 Å². The Morgan fingerprint density at radius 2 is 1.97 bits per heavy atom. The van der Waals surface area contributed by atoms with E-state index in [1.807, 2.05) is 11.5 Å². The minimum atomic E-state index is -3.59. The van der Waals surface area contributed by atoms with Crippen molar-refractivity contribution in [1.82, 2.24) is 13.9 Å². The molecule has 0 spiro atoms. The molecule has 0 aliphatic heterocycles. The van der Waals surface area contributed by atoms with Crippen LogP contribution in [0.15, 0.2) is 47.4 Å². The number of fused-ring (bicyclic) bond motifs is 1. The SMILES string of the molecule is CCn1c(COC(=O)COc2cccc(F)c2)nc2cc(S(=O)(=O)N(C)C)ccc21. The Morgan fingerprint density at radius 1 is 1.20 bits per heavy atom. The quantitative estimate of drug-likeness (QED) is 0.505. The number of esters is 1. The zero-order chi connectivity index (χ0) is 21.9. The average molecular weight is 435 g/mol. The molecule has 1 heterocycles. The van der Waals surface area contributed by atoms with Gasteiger partial charge in [-0.15, -0.1) is 0 Å². The summed E-state index contributed by atoms with van der Waals surface area (Å²) in [4.78, 5) is 16.6. The number of carbonyl (C=O) groups is 1. The van der Waals surface area contributed by atoms with E-state index in [-0.39, 0.29) is 23.9 Å². The molecule has 30 heavy (non-hydrogen) atoms. The number of benzene rings is 2. The number of ether oxygens (including phenoxy) is 2. The number of aryl methyl sites for hydroxylation is 1. The standard InChI is InChI=1S/C20H22FN3O5S/c1-4-24-18-9-8-16(30(26,27)23(2)3)11-17(18)22-19(24)12-29-20(25)13-28-15-7-5-6-14(21)10-15/h5-11H,4,12-13H2,1-3H3. The van der Waals surface area contributed by atoms with Crippen LogP contribution in [0.2, 0.25) is 0 Å². The van der Waals surface area contributed by atoms with E-state index in [1.165, 1.54) is 50.5 Å². The molecule has 0 unspecified atom stereocenters. The van der Waals surface area contributed by atoms with Gasteiger partial charge in [-0.3, -0.25) is 0 Å². The van der Waals surface area contributed by atoms with Crippen molar-refractivity contribution < 1.29 is 27.1 Å². The molecular weight excluding hydrogens is 413 g/mol. The molecule has 0 saturated carbocycles. The highest BCUT2D eigenvalue weighted by molar-refractivity contribution is 7.89. The molecule has 0 radical (unpaired) electrons. The molecule has 0 aliphatic carbocycles. The van der Waals surface area contributed by atoms with E-state index in [0.29, 0.717) is 17.9 Å². The van der Waals surface area contributed by atoms with Crippen molar-refractivity contribution in [1.29, 1.82) is 0 Å². The second kappa shape index (κ2) is 8.80. The molecule has 10 heteroatoms. The number of rotatable bonds is 8. The van der Waals surface area contributed by atoms with Gasteiger partial charge >= 0.3 is 5.97 Å². The Hall–Kier alpha value is -2.98. The number of nitrogens with zero attached hydrogens (tertiary/aromatic N) is 3. The lowest BCUT2D eigenvalue weighted by Gasteiger charge is -2.11. The smallest absolute Gasteiger partial charge is 0.344 e. The summed E-state index contributed by atoms with van der Waals surface area (Å²) in [6, 6.07) is 10.2. The molecule has 0 aliphatic rings. The molecule has 3 aromatic rings. The van der Waals surface area contributed by atoms with E-state index in [0.717, 1.165) is 9.82 Å².